The number of pyridine rings is 1. The number of hydrogen-bond donors (Lipinski definition) is 0. The molecule has 52 heavy (non-hydrogen) atoms. The maximum Gasteiger partial charge on any atom is 0.417 e. The Morgan fingerprint density at radius 3 is 2.12 bits per heavy atom. The summed E-state index contributed by atoms with van der Waals surface area (Å²) in [7, 11) is 2.38. The normalized spacial score (nSPS) is 19.5. The summed E-state index contributed by atoms with van der Waals surface area (Å²) in [6, 6.07) is 5.71. The molecule has 3 aromatic rings. The highest BCUT2D eigenvalue weighted by atomic mass is 19.4. The number of aromatic nitrogens is 1. The third-order valence-corrected chi connectivity index (χ3v) is 9.25. The number of esters is 1. The maximum atomic E-state index is 14.3. The molecule has 1 unspecified atom stereocenters. The van der Waals surface area contributed by atoms with Crippen molar-refractivity contribution in [2.75, 3.05) is 20.8 Å². The largest absolute Gasteiger partial charge is 0.494 e. The van der Waals surface area contributed by atoms with Crippen LogP contribution in [0.3, 0.4) is 0 Å². The van der Waals surface area contributed by atoms with Crippen molar-refractivity contribution in [2.24, 2.45) is 5.41 Å². The Hall–Kier alpha value is -4.76. The highest BCUT2D eigenvalue weighted by Crippen LogP contribution is 2.47. The third-order valence-electron chi connectivity index (χ3n) is 9.25. The molecule has 5 rings (SSSR count). The van der Waals surface area contributed by atoms with Gasteiger partial charge in [0.1, 0.15) is 17.5 Å². The van der Waals surface area contributed by atoms with Crippen LogP contribution in [0.1, 0.15) is 84.4 Å². The first-order valence-electron chi connectivity index (χ1n) is 15.9. The molecule has 0 bridgehead atoms. The first-order chi connectivity index (χ1) is 24.0. The first-order valence-corrected chi connectivity index (χ1v) is 15.9. The van der Waals surface area contributed by atoms with E-state index >= 15 is 0 Å². The van der Waals surface area contributed by atoms with E-state index in [0.29, 0.717) is 48.6 Å². The number of amides is 1. The van der Waals surface area contributed by atoms with Gasteiger partial charge in [-0.2, -0.15) is 39.5 Å². The fourth-order valence-electron chi connectivity index (χ4n) is 6.58. The minimum atomic E-state index is -5.11. The summed E-state index contributed by atoms with van der Waals surface area (Å²) in [5.41, 5.74) is -4.51. The molecule has 1 aliphatic carbocycles. The van der Waals surface area contributed by atoms with E-state index in [1.54, 1.807) is 0 Å². The van der Waals surface area contributed by atoms with E-state index in [2.05, 4.69) is 9.72 Å². The summed E-state index contributed by atoms with van der Waals surface area (Å²) in [6.45, 7) is 5.18. The van der Waals surface area contributed by atoms with Gasteiger partial charge < -0.3 is 14.2 Å². The van der Waals surface area contributed by atoms with Crippen LogP contribution in [-0.2, 0) is 28.0 Å². The third kappa shape index (κ3) is 7.84. The van der Waals surface area contributed by atoms with Gasteiger partial charge in [-0.05, 0) is 90.8 Å². The molecule has 0 radical (unpaired) electrons. The number of cyclic esters (lactones) is 1. The summed E-state index contributed by atoms with van der Waals surface area (Å²) in [4.78, 5) is 31.1. The molecule has 16 heteroatoms. The molecule has 0 spiro atoms. The van der Waals surface area contributed by atoms with Gasteiger partial charge in [-0.3, -0.25) is 4.90 Å². The van der Waals surface area contributed by atoms with E-state index in [1.165, 1.54) is 37.1 Å². The predicted octanol–water partition coefficient (Wildman–Crippen LogP) is 10.1. The van der Waals surface area contributed by atoms with Crippen LogP contribution in [0.15, 0.2) is 54.1 Å². The Bertz CT molecular complexity index is 1880. The molecule has 1 fully saturated rings. The molecule has 0 saturated carbocycles. The molecule has 2 aliphatic rings. The summed E-state index contributed by atoms with van der Waals surface area (Å²) in [5, 5.41) is 0. The number of ether oxygens (including phenoxy) is 3. The van der Waals surface area contributed by atoms with Crippen molar-refractivity contribution in [3.8, 4) is 17.0 Å². The van der Waals surface area contributed by atoms with Gasteiger partial charge in [0, 0.05) is 12.1 Å². The molecule has 2 atom stereocenters. The SMILES string of the molecule is COC(=O)c1ccc(-c2ccc(OC)c(C3=C(CN4C(=O)O[C@H](c5cc(C(F)(F)F)cc(C(F)(F)F)c5)C4C)CC(C)(C)CC3)n2)c(C(F)(F)F)c1. The second-order valence-electron chi connectivity index (χ2n) is 13.4. The topological polar surface area (TPSA) is 78.0 Å². The van der Waals surface area contributed by atoms with Gasteiger partial charge in [0.15, 0.2) is 0 Å². The number of methoxy groups -OCH3 is 2. The summed E-state index contributed by atoms with van der Waals surface area (Å²) < 4.78 is 140. The van der Waals surface area contributed by atoms with Crippen LogP contribution in [0.5, 0.6) is 5.75 Å². The van der Waals surface area contributed by atoms with E-state index < -0.39 is 65.0 Å². The van der Waals surface area contributed by atoms with Gasteiger partial charge >= 0.3 is 30.6 Å². The lowest BCUT2D eigenvalue weighted by Gasteiger charge is -2.35. The van der Waals surface area contributed by atoms with Gasteiger partial charge in [-0.15, -0.1) is 0 Å². The summed E-state index contributed by atoms with van der Waals surface area (Å²) in [6.07, 6.45) is -16.3. The van der Waals surface area contributed by atoms with Crippen LogP contribution in [0.4, 0.5) is 44.3 Å². The summed E-state index contributed by atoms with van der Waals surface area (Å²) >= 11 is 0. The quantitative estimate of drug-likeness (QED) is 0.177. The Morgan fingerprint density at radius 2 is 1.56 bits per heavy atom. The Kier molecular flexibility index (Phi) is 10.1. The fraction of sp³-hybridized carbons (Fsp3) is 0.417. The van der Waals surface area contributed by atoms with Crippen LogP contribution in [0.25, 0.3) is 16.8 Å². The van der Waals surface area contributed by atoms with Crippen molar-refractivity contribution >= 4 is 17.6 Å². The lowest BCUT2D eigenvalue weighted by atomic mass is 9.73. The zero-order chi connectivity index (χ0) is 38.6. The molecule has 1 aromatic heterocycles. The molecule has 1 aliphatic heterocycles. The Balaban J connectivity index is 1.58. The second-order valence-corrected chi connectivity index (χ2v) is 13.4. The van der Waals surface area contributed by atoms with Gasteiger partial charge in [0.2, 0.25) is 0 Å². The van der Waals surface area contributed by atoms with Crippen molar-refractivity contribution in [2.45, 2.75) is 70.7 Å². The molecule has 280 valence electrons. The summed E-state index contributed by atoms with van der Waals surface area (Å²) in [5.74, 6) is -0.764. The maximum absolute atomic E-state index is 14.3. The number of halogens is 9. The van der Waals surface area contributed by atoms with Crippen LogP contribution >= 0.6 is 0 Å². The van der Waals surface area contributed by atoms with E-state index in [4.69, 9.17) is 9.47 Å². The van der Waals surface area contributed by atoms with Gasteiger partial charge in [0.25, 0.3) is 0 Å². The van der Waals surface area contributed by atoms with Gasteiger partial charge in [-0.25, -0.2) is 14.6 Å². The molecule has 0 N–H and O–H groups in total. The number of alkyl halides is 9. The zero-order valence-corrected chi connectivity index (χ0v) is 28.4. The average molecular weight is 745 g/mol. The second kappa shape index (κ2) is 13.7. The molecular formula is C36H33F9N2O5. The van der Waals surface area contributed by atoms with Crippen LogP contribution < -0.4 is 4.74 Å². The van der Waals surface area contributed by atoms with Crippen molar-refractivity contribution in [1.29, 1.82) is 0 Å². The molecular weight excluding hydrogens is 711 g/mol. The number of carbonyl (C=O) groups is 2. The number of rotatable bonds is 7. The van der Waals surface area contributed by atoms with Crippen molar-refractivity contribution in [1.82, 2.24) is 9.88 Å². The monoisotopic (exact) mass is 744 g/mol. The number of hydrogen-bond acceptors (Lipinski definition) is 6. The number of nitrogens with zero attached hydrogens (tertiary/aromatic N) is 2. The van der Waals surface area contributed by atoms with E-state index in [0.717, 1.165) is 13.2 Å². The molecule has 1 saturated heterocycles. The van der Waals surface area contributed by atoms with Crippen molar-refractivity contribution in [3.63, 3.8) is 0 Å². The Morgan fingerprint density at radius 1 is 0.923 bits per heavy atom. The lowest BCUT2D eigenvalue weighted by Crippen LogP contribution is -2.35. The van der Waals surface area contributed by atoms with Crippen LogP contribution in [0, 0.1) is 5.41 Å². The average Bonchev–Trinajstić information content (AvgIpc) is 3.34. The minimum absolute atomic E-state index is 0.0103. The smallest absolute Gasteiger partial charge is 0.417 e. The molecule has 7 nitrogen and oxygen atoms in total. The fourth-order valence-corrected chi connectivity index (χ4v) is 6.58. The van der Waals surface area contributed by atoms with Crippen LogP contribution in [0.2, 0.25) is 0 Å². The van der Waals surface area contributed by atoms with E-state index in [1.807, 2.05) is 13.8 Å². The van der Waals surface area contributed by atoms with Gasteiger partial charge in [-0.1, -0.05) is 19.9 Å². The number of benzene rings is 2. The zero-order valence-electron chi connectivity index (χ0n) is 28.4. The molecule has 2 aromatic carbocycles. The molecule has 2 heterocycles. The van der Waals surface area contributed by atoms with Gasteiger partial charge in [0.05, 0.1) is 48.2 Å². The van der Waals surface area contributed by atoms with Crippen LogP contribution in [-0.4, -0.2) is 48.8 Å². The number of carbonyl (C=O) groups excluding carboxylic acids is 2. The lowest BCUT2D eigenvalue weighted by molar-refractivity contribution is -0.143. The molecule has 1 amide bonds. The Labute approximate surface area is 292 Å². The first kappa shape index (κ1) is 38.5. The minimum Gasteiger partial charge on any atom is -0.494 e. The predicted molar refractivity (Wildman–Crippen MR) is 169 cm³/mol. The standard InChI is InChI=1S/C36H33F9N2O5/c1-18-30(20-12-22(34(37,38)39)15-23(13-20)35(40,41)42)52-32(49)47(18)17-21-16-33(2,3)11-10-24(21)29-28(50-4)9-8-27(46-29)25-7-6-19(31(48)51-5)14-26(25)36(43,44)45/h6-9,12-15,18,30H,10-11,16-17H2,1-5H3/t18?,30-/m0/s1. The van der Waals surface area contributed by atoms with Crippen molar-refractivity contribution in [3.05, 3.63) is 87.6 Å². The highest BCUT2D eigenvalue weighted by molar-refractivity contribution is 5.90. The van der Waals surface area contributed by atoms with E-state index in [-0.39, 0.29) is 46.3 Å². The van der Waals surface area contributed by atoms with E-state index in [9.17, 15) is 49.1 Å². The highest BCUT2D eigenvalue weighted by Gasteiger charge is 2.44. The number of allylic oxidation sites excluding steroid dienone is 1. The van der Waals surface area contributed by atoms with Crippen molar-refractivity contribution < 1.29 is 63.3 Å².